The minimum atomic E-state index is 0.688. The molecule has 1 rings (SSSR count). The van der Waals surface area contributed by atoms with Gasteiger partial charge in [-0.05, 0) is 46.2 Å². The molecule has 1 aliphatic rings. The zero-order valence-corrected chi connectivity index (χ0v) is 10.9. The fourth-order valence-corrected chi connectivity index (χ4v) is 2.29. The largest absolute Gasteiger partial charge is 0.370 e. The number of aliphatic imine (C=N–C) groups is 1. The van der Waals surface area contributed by atoms with Crippen LogP contribution in [0.2, 0.25) is 0 Å². The van der Waals surface area contributed by atoms with Gasteiger partial charge in [0.2, 0.25) is 0 Å². The summed E-state index contributed by atoms with van der Waals surface area (Å²) < 4.78 is 0. The number of hydrogen-bond donors (Lipinski definition) is 1. The molecule has 0 aromatic heterocycles. The molecular weight excluding hydrogens is 200 g/mol. The van der Waals surface area contributed by atoms with Crippen molar-refractivity contribution in [3.8, 4) is 0 Å². The molecule has 0 aliphatic carbocycles. The maximum Gasteiger partial charge on any atom is 0.191 e. The monoisotopic (exact) mass is 226 g/mol. The minimum Gasteiger partial charge on any atom is -0.370 e. The predicted molar refractivity (Wildman–Crippen MR) is 69.6 cm³/mol. The first-order valence-electron chi connectivity index (χ1n) is 6.40. The van der Waals surface area contributed by atoms with Gasteiger partial charge in [0, 0.05) is 26.2 Å². The molecule has 1 heterocycles. The van der Waals surface area contributed by atoms with E-state index in [2.05, 4.69) is 35.7 Å². The molecule has 0 aromatic rings. The number of guanidine groups is 1. The molecule has 1 saturated heterocycles. The van der Waals surface area contributed by atoms with Crippen LogP contribution >= 0.6 is 0 Å². The Morgan fingerprint density at radius 3 is 2.69 bits per heavy atom. The first-order valence-corrected chi connectivity index (χ1v) is 6.40. The van der Waals surface area contributed by atoms with Crippen LogP contribution in [0.4, 0.5) is 0 Å². The highest BCUT2D eigenvalue weighted by Gasteiger charge is 2.16. The normalized spacial score (nSPS) is 23.4. The molecule has 0 bridgehead atoms. The van der Waals surface area contributed by atoms with Gasteiger partial charge in [0.25, 0.3) is 0 Å². The Bertz CT molecular complexity index is 223. The van der Waals surface area contributed by atoms with Crippen molar-refractivity contribution in [3.05, 3.63) is 0 Å². The van der Waals surface area contributed by atoms with Gasteiger partial charge in [-0.25, -0.2) is 0 Å². The zero-order chi connectivity index (χ0) is 12.0. The van der Waals surface area contributed by atoms with Gasteiger partial charge in [-0.1, -0.05) is 0 Å². The van der Waals surface area contributed by atoms with Crippen molar-refractivity contribution in [2.45, 2.75) is 26.7 Å². The molecule has 94 valence electrons. The Hall–Kier alpha value is -0.770. The van der Waals surface area contributed by atoms with E-state index in [0.717, 1.165) is 26.2 Å². The van der Waals surface area contributed by atoms with Gasteiger partial charge >= 0.3 is 0 Å². The fourth-order valence-electron chi connectivity index (χ4n) is 2.29. The Morgan fingerprint density at radius 2 is 2.12 bits per heavy atom. The van der Waals surface area contributed by atoms with Gasteiger partial charge in [-0.3, -0.25) is 4.99 Å². The van der Waals surface area contributed by atoms with Gasteiger partial charge in [0.05, 0.1) is 0 Å². The maximum absolute atomic E-state index is 5.95. The minimum absolute atomic E-state index is 0.688. The lowest BCUT2D eigenvalue weighted by molar-refractivity contribution is 0.214. The molecule has 0 spiro atoms. The van der Waals surface area contributed by atoms with Gasteiger partial charge < -0.3 is 15.5 Å². The number of rotatable bonds is 4. The second kappa shape index (κ2) is 6.74. The number of likely N-dealkylation sites (tertiary alicyclic amines) is 1. The molecule has 1 atom stereocenters. The smallest absolute Gasteiger partial charge is 0.191 e. The number of piperidine rings is 1. The van der Waals surface area contributed by atoms with E-state index >= 15 is 0 Å². The molecule has 1 fully saturated rings. The van der Waals surface area contributed by atoms with Crippen LogP contribution in [0.15, 0.2) is 4.99 Å². The number of nitrogens with two attached hydrogens (primary N) is 1. The zero-order valence-electron chi connectivity index (χ0n) is 10.9. The van der Waals surface area contributed by atoms with E-state index in [1.165, 1.54) is 19.4 Å². The third-order valence-electron chi connectivity index (χ3n) is 3.32. The van der Waals surface area contributed by atoms with Crippen LogP contribution in [0, 0.1) is 5.92 Å². The summed E-state index contributed by atoms with van der Waals surface area (Å²) in [6, 6.07) is 0. The topological polar surface area (TPSA) is 44.9 Å². The molecule has 1 unspecified atom stereocenters. The summed E-state index contributed by atoms with van der Waals surface area (Å²) in [6.07, 6.45) is 2.58. The molecule has 4 nitrogen and oxygen atoms in total. The van der Waals surface area contributed by atoms with Gasteiger partial charge in [-0.2, -0.15) is 0 Å². The van der Waals surface area contributed by atoms with Crippen LogP contribution in [0.5, 0.6) is 0 Å². The summed E-state index contributed by atoms with van der Waals surface area (Å²) in [7, 11) is 2.18. The highest BCUT2D eigenvalue weighted by molar-refractivity contribution is 5.77. The summed E-state index contributed by atoms with van der Waals surface area (Å²) in [6.45, 7) is 9.38. The Labute approximate surface area is 99.5 Å². The van der Waals surface area contributed by atoms with Gasteiger partial charge in [0.15, 0.2) is 5.96 Å². The van der Waals surface area contributed by atoms with Crippen LogP contribution in [0.25, 0.3) is 0 Å². The van der Waals surface area contributed by atoms with Crippen LogP contribution in [-0.4, -0.2) is 55.5 Å². The van der Waals surface area contributed by atoms with Crippen molar-refractivity contribution in [3.63, 3.8) is 0 Å². The molecule has 4 heteroatoms. The van der Waals surface area contributed by atoms with Crippen molar-refractivity contribution >= 4 is 5.96 Å². The summed E-state index contributed by atoms with van der Waals surface area (Å²) >= 11 is 0. The average Bonchev–Trinajstić information content (AvgIpc) is 2.28. The van der Waals surface area contributed by atoms with Gasteiger partial charge in [-0.15, -0.1) is 0 Å². The van der Waals surface area contributed by atoms with E-state index in [-0.39, 0.29) is 0 Å². The van der Waals surface area contributed by atoms with Crippen molar-refractivity contribution in [1.29, 1.82) is 0 Å². The van der Waals surface area contributed by atoms with Crippen molar-refractivity contribution in [2.75, 3.05) is 39.8 Å². The second-order valence-electron chi connectivity index (χ2n) is 4.64. The first kappa shape index (κ1) is 13.3. The van der Waals surface area contributed by atoms with Crippen LogP contribution < -0.4 is 5.73 Å². The first-order chi connectivity index (χ1) is 7.67. The third-order valence-corrected chi connectivity index (χ3v) is 3.32. The summed E-state index contributed by atoms with van der Waals surface area (Å²) in [4.78, 5) is 9.01. The third kappa shape index (κ3) is 4.00. The fraction of sp³-hybridized carbons (Fsp3) is 0.917. The summed E-state index contributed by atoms with van der Waals surface area (Å²) in [5.41, 5.74) is 5.95. The van der Waals surface area contributed by atoms with E-state index in [9.17, 15) is 0 Å². The average molecular weight is 226 g/mol. The molecule has 2 N–H and O–H groups in total. The summed E-state index contributed by atoms with van der Waals surface area (Å²) in [5.74, 6) is 1.39. The van der Waals surface area contributed by atoms with Gasteiger partial charge in [0.1, 0.15) is 0 Å². The van der Waals surface area contributed by atoms with E-state index in [4.69, 9.17) is 5.73 Å². The lowest BCUT2D eigenvalue weighted by Crippen LogP contribution is -2.38. The highest BCUT2D eigenvalue weighted by Crippen LogP contribution is 2.15. The highest BCUT2D eigenvalue weighted by atomic mass is 15.2. The maximum atomic E-state index is 5.95. The van der Waals surface area contributed by atoms with E-state index in [1.807, 2.05) is 0 Å². The standard InChI is InChI=1S/C12H26N4/c1-4-16(5-2)12(13)14-9-11-7-6-8-15(3)10-11/h11H,4-10H2,1-3H3,(H2,13,14). The van der Waals surface area contributed by atoms with Crippen LogP contribution in [-0.2, 0) is 0 Å². The molecule has 0 amide bonds. The van der Waals surface area contributed by atoms with Crippen molar-refractivity contribution in [2.24, 2.45) is 16.6 Å². The lowest BCUT2D eigenvalue weighted by atomic mass is 9.99. The SMILES string of the molecule is CCN(CC)C(N)=NCC1CCCN(C)C1. The molecule has 1 aliphatic heterocycles. The molecule has 16 heavy (non-hydrogen) atoms. The molecule has 0 radical (unpaired) electrons. The lowest BCUT2D eigenvalue weighted by Gasteiger charge is -2.29. The number of nitrogens with zero attached hydrogens (tertiary/aromatic N) is 3. The van der Waals surface area contributed by atoms with Crippen LogP contribution in [0.3, 0.4) is 0 Å². The number of hydrogen-bond acceptors (Lipinski definition) is 2. The van der Waals surface area contributed by atoms with Crippen LogP contribution in [0.1, 0.15) is 26.7 Å². The Balaban J connectivity index is 2.38. The Morgan fingerprint density at radius 1 is 1.44 bits per heavy atom. The van der Waals surface area contributed by atoms with E-state index in [0.29, 0.717) is 11.9 Å². The summed E-state index contributed by atoms with van der Waals surface area (Å²) in [5, 5.41) is 0. The van der Waals surface area contributed by atoms with E-state index < -0.39 is 0 Å². The van der Waals surface area contributed by atoms with Crippen molar-refractivity contribution < 1.29 is 0 Å². The van der Waals surface area contributed by atoms with Crippen molar-refractivity contribution in [1.82, 2.24) is 9.80 Å². The quantitative estimate of drug-likeness (QED) is 0.574. The Kier molecular flexibility index (Phi) is 5.60. The predicted octanol–water partition coefficient (Wildman–Crippen LogP) is 0.985. The second-order valence-corrected chi connectivity index (χ2v) is 4.64. The molecule has 0 aromatic carbocycles. The molecule has 0 saturated carbocycles. The molecular formula is C12H26N4. The van der Waals surface area contributed by atoms with E-state index in [1.54, 1.807) is 0 Å².